The van der Waals surface area contributed by atoms with Gasteiger partial charge in [-0.15, -0.1) is 0 Å². The highest BCUT2D eigenvalue weighted by atomic mass is 16.5. The third kappa shape index (κ3) is 9.57. The Hall–Kier alpha value is -4.49. The van der Waals surface area contributed by atoms with Crippen LogP contribution in [0.1, 0.15) is 76.4 Å². The van der Waals surface area contributed by atoms with Crippen LogP contribution in [0.4, 0.5) is 0 Å². The van der Waals surface area contributed by atoms with E-state index in [1.54, 1.807) is 41.3 Å². The van der Waals surface area contributed by atoms with Gasteiger partial charge in [-0.1, -0.05) is 55.8 Å². The maximum atomic E-state index is 13.8. The van der Waals surface area contributed by atoms with Crippen LogP contribution in [-0.4, -0.2) is 78.5 Å². The van der Waals surface area contributed by atoms with Gasteiger partial charge in [0, 0.05) is 43.7 Å². The summed E-state index contributed by atoms with van der Waals surface area (Å²) in [7, 11) is -2.05. The lowest BCUT2D eigenvalue weighted by molar-refractivity contribution is -0.123. The molecular weight excluding hydrogens is 626 g/mol. The van der Waals surface area contributed by atoms with Gasteiger partial charge in [-0.25, -0.2) is 0 Å². The molecule has 0 aliphatic carbocycles. The summed E-state index contributed by atoms with van der Waals surface area (Å²) in [5.41, 5.74) is 4.39. The molecule has 3 aromatic rings. The summed E-state index contributed by atoms with van der Waals surface area (Å²) in [5.74, 6) is -1.29. The lowest BCUT2D eigenvalue weighted by Gasteiger charge is -2.25. The zero-order chi connectivity index (χ0) is 34.8. The van der Waals surface area contributed by atoms with Crippen LogP contribution in [0, 0.1) is 0 Å². The number of carbonyl (C=O) groups is 4. The van der Waals surface area contributed by atoms with Gasteiger partial charge in [0.15, 0.2) is 0 Å². The second-order valence-electron chi connectivity index (χ2n) is 12.3. The molecule has 4 amide bonds. The molecule has 0 aromatic heterocycles. The van der Waals surface area contributed by atoms with Crippen LogP contribution in [0.15, 0.2) is 66.7 Å². The van der Waals surface area contributed by atoms with Gasteiger partial charge >= 0.3 is 14.2 Å². The smallest absolute Gasteiger partial charge is 0.423 e. The van der Waals surface area contributed by atoms with Crippen molar-refractivity contribution in [2.45, 2.75) is 64.8 Å². The minimum atomic E-state index is -1.04. The largest absolute Gasteiger partial charge is 0.491 e. The summed E-state index contributed by atoms with van der Waals surface area (Å²) in [5, 5.41) is 28.4. The maximum Gasteiger partial charge on any atom is 0.491 e. The van der Waals surface area contributed by atoms with Gasteiger partial charge in [0.25, 0.3) is 11.8 Å². The topological polar surface area (TPSA) is 167 Å². The summed E-state index contributed by atoms with van der Waals surface area (Å²) in [4.78, 5) is 54.5. The number of rotatable bonds is 16. The number of hydrogen-bond donors (Lipinski definition) is 5. The Bertz CT molecular complexity index is 1640. The van der Waals surface area contributed by atoms with Crippen molar-refractivity contribution in [2.75, 3.05) is 19.6 Å². The average molecular weight is 668 g/mol. The molecule has 12 nitrogen and oxygen atoms in total. The molecular formula is C35H42B2N4O8. The number of fused-ring (bicyclic) bond motifs is 2. The molecule has 0 saturated heterocycles. The Morgan fingerprint density at radius 1 is 0.837 bits per heavy atom. The van der Waals surface area contributed by atoms with E-state index in [1.165, 1.54) is 0 Å². The zero-order valence-corrected chi connectivity index (χ0v) is 27.7. The Kier molecular flexibility index (Phi) is 12.6. The highest BCUT2D eigenvalue weighted by Crippen LogP contribution is 2.17. The minimum absolute atomic E-state index is 0.103. The number of benzene rings is 3. The first-order valence-electron chi connectivity index (χ1n) is 16.8. The molecule has 14 heteroatoms. The van der Waals surface area contributed by atoms with Gasteiger partial charge in [-0.2, -0.15) is 0 Å². The molecule has 3 aromatic carbocycles. The summed E-state index contributed by atoms with van der Waals surface area (Å²) < 4.78 is 10.5. The highest BCUT2D eigenvalue weighted by Gasteiger charge is 2.30. The van der Waals surface area contributed by atoms with Gasteiger partial charge in [-0.3, -0.25) is 19.2 Å². The van der Waals surface area contributed by atoms with Crippen LogP contribution in [0.3, 0.4) is 0 Å². The predicted molar refractivity (Wildman–Crippen MR) is 185 cm³/mol. The van der Waals surface area contributed by atoms with Crippen molar-refractivity contribution in [3.05, 3.63) is 94.5 Å². The molecule has 0 bridgehead atoms. The van der Waals surface area contributed by atoms with E-state index in [0.717, 1.165) is 24.0 Å². The fourth-order valence-electron chi connectivity index (χ4n) is 5.89. The molecule has 5 N–H and O–H groups in total. The van der Waals surface area contributed by atoms with E-state index in [4.69, 9.17) is 9.31 Å². The van der Waals surface area contributed by atoms with E-state index in [0.29, 0.717) is 47.1 Å². The van der Waals surface area contributed by atoms with Crippen molar-refractivity contribution in [2.24, 2.45) is 0 Å². The van der Waals surface area contributed by atoms with Crippen LogP contribution in [0.5, 0.6) is 0 Å². The minimum Gasteiger partial charge on any atom is -0.423 e. The first-order valence-corrected chi connectivity index (χ1v) is 16.8. The van der Waals surface area contributed by atoms with Crippen molar-refractivity contribution in [1.82, 2.24) is 20.9 Å². The van der Waals surface area contributed by atoms with Crippen molar-refractivity contribution >= 4 is 48.8 Å². The SMILES string of the molecule is CCCCNC(=O)CCNC(=O)[C@H](CCCN(Cc1ccccc1)C(=O)c1ccc2c(c1)COB2O)NC(=O)c1ccc2c(c1)COB2O. The third-order valence-corrected chi connectivity index (χ3v) is 8.67. The molecule has 0 fully saturated rings. The van der Waals surface area contributed by atoms with E-state index >= 15 is 0 Å². The zero-order valence-electron chi connectivity index (χ0n) is 27.7. The molecule has 256 valence electrons. The fourth-order valence-corrected chi connectivity index (χ4v) is 5.89. The number of nitrogens with one attached hydrogen (secondary N) is 3. The van der Waals surface area contributed by atoms with E-state index in [1.807, 2.05) is 37.3 Å². The number of nitrogens with zero attached hydrogens (tertiary/aromatic N) is 1. The lowest BCUT2D eigenvalue weighted by atomic mass is 9.79. The van der Waals surface area contributed by atoms with Crippen LogP contribution in [0.25, 0.3) is 0 Å². The molecule has 1 atom stereocenters. The van der Waals surface area contributed by atoms with Crippen molar-refractivity contribution in [3.8, 4) is 0 Å². The molecule has 49 heavy (non-hydrogen) atoms. The molecule has 0 unspecified atom stereocenters. The Balaban J connectivity index is 1.27. The first-order chi connectivity index (χ1) is 23.7. The average Bonchev–Trinajstić information content (AvgIpc) is 3.68. The van der Waals surface area contributed by atoms with Gasteiger partial charge in [0.05, 0.1) is 13.2 Å². The third-order valence-electron chi connectivity index (χ3n) is 8.67. The second kappa shape index (κ2) is 17.3. The summed E-state index contributed by atoms with van der Waals surface area (Å²) in [6.07, 6.45) is 2.53. The van der Waals surface area contributed by atoms with Crippen LogP contribution < -0.4 is 26.9 Å². The monoisotopic (exact) mass is 668 g/mol. The van der Waals surface area contributed by atoms with Crippen molar-refractivity contribution < 1.29 is 38.5 Å². The quantitative estimate of drug-likeness (QED) is 0.110. The van der Waals surface area contributed by atoms with Crippen LogP contribution >= 0.6 is 0 Å². The van der Waals surface area contributed by atoms with Gasteiger partial charge in [0.1, 0.15) is 6.04 Å². The van der Waals surface area contributed by atoms with E-state index < -0.39 is 32.1 Å². The standard InChI is InChI=1S/C35H42B2N4O8/c1-2-3-16-38-32(42)15-17-39-34(44)31(40-33(43)25-11-13-29-27(19-25)22-48-36(29)46)10-7-18-41(21-24-8-5-4-6-9-24)35(45)26-12-14-30-28(20-26)23-49-37(30)47/h4-6,8-9,11-14,19-20,31,46-47H,2-3,7,10,15-18,21-23H2,1H3,(H,38,42)(H,39,44)(H,40,43)/t31-/m0/s1. The number of amides is 4. The number of unbranched alkanes of at least 4 members (excludes halogenated alkanes) is 1. The summed E-state index contributed by atoms with van der Waals surface area (Å²) >= 11 is 0. The fraction of sp³-hybridized carbons (Fsp3) is 0.371. The van der Waals surface area contributed by atoms with Crippen molar-refractivity contribution in [3.63, 3.8) is 0 Å². The lowest BCUT2D eigenvalue weighted by Crippen LogP contribution is -2.48. The summed E-state index contributed by atoms with van der Waals surface area (Å²) in [6.45, 7) is 3.71. The number of carbonyl (C=O) groups excluding carboxylic acids is 4. The van der Waals surface area contributed by atoms with Crippen LogP contribution in [0.2, 0.25) is 0 Å². The molecule has 5 rings (SSSR count). The van der Waals surface area contributed by atoms with Gasteiger partial charge in [-0.05, 0) is 71.1 Å². The van der Waals surface area contributed by atoms with E-state index in [-0.39, 0.29) is 51.0 Å². The molecule has 0 spiro atoms. The summed E-state index contributed by atoms with van der Waals surface area (Å²) in [6, 6.07) is 18.6. The predicted octanol–water partition coefficient (Wildman–Crippen LogP) is 0.766. The van der Waals surface area contributed by atoms with E-state index in [9.17, 15) is 29.2 Å². The second-order valence-corrected chi connectivity index (χ2v) is 12.3. The van der Waals surface area contributed by atoms with E-state index in [2.05, 4.69) is 16.0 Å². The molecule has 2 aliphatic heterocycles. The Morgan fingerprint density at radius 2 is 1.49 bits per heavy atom. The molecule has 0 radical (unpaired) electrons. The first kappa shape index (κ1) is 35.8. The highest BCUT2D eigenvalue weighted by molar-refractivity contribution is 6.62. The molecule has 0 saturated carbocycles. The molecule has 2 aliphatic rings. The van der Waals surface area contributed by atoms with Crippen LogP contribution in [-0.2, 0) is 38.7 Å². The van der Waals surface area contributed by atoms with Gasteiger partial charge < -0.3 is 40.2 Å². The van der Waals surface area contributed by atoms with Crippen molar-refractivity contribution in [1.29, 1.82) is 0 Å². The van der Waals surface area contributed by atoms with Gasteiger partial charge in [0.2, 0.25) is 11.8 Å². The number of hydrogen-bond acceptors (Lipinski definition) is 8. The maximum absolute atomic E-state index is 13.8. The normalized spacial score (nSPS) is 13.8. The Morgan fingerprint density at radius 3 is 2.16 bits per heavy atom. The molecule has 2 heterocycles. The Labute approximate surface area is 286 Å².